The van der Waals surface area contributed by atoms with Gasteiger partial charge in [0.1, 0.15) is 15.5 Å². The summed E-state index contributed by atoms with van der Waals surface area (Å²) in [5.74, 6) is 0.674. The van der Waals surface area contributed by atoms with Gasteiger partial charge in [-0.15, -0.1) is 0 Å². The molecule has 0 bridgehead atoms. The molecule has 3 aromatic heterocycles. The molecule has 25 heavy (non-hydrogen) atoms. The lowest BCUT2D eigenvalue weighted by atomic mass is 10.5. The highest BCUT2D eigenvalue weighted by Gasteiger charge is 2.22. The molecule has 0 aliphatic heterocycles. The van der Waals surface area contributed by atoms with Gasteiger partial charge in [0.05, 0.1) is 0 Å². The van der Waals surface area contributed by atoms with Gasteiger partial charge in [0.2, 0.25) is 17.6 Å². The highest BCUT2D eigenvalue weighted by molar-refractivity contribution is 7.43. The van der Waals surface area contributed by atoms with Crippen LogP contribution in [0.25, 0.3) is 0 Å². The summed E-state index contributed by atoms with van der Waals surface area (Å²) in [6.07, 6.45) is 0. The molecule has 6 nitrogen and oxygen atoms in total. The Labute approximate surface area is 159 Å². The molecular formula is C15H9Cl3N3O3P. The maximum atomic E-state index is 5.87. The summed E-state index contributed by atoms with van der Waals surface area (Å²) in [5, 5.41) is 0.817. The van der Waals surface area contributed by atoms with E-state index in [9.17, 15) is 0 Å². The Balaban J connectivity index is 1.82. The minimum absolute atomic E-state index is 0.225. The van der Waals surface area contributed by atoms with Crippen LogP contribution >= 0.6 is 43.4 Å². The average molecular weight is 417 g/mol. The van der Waals surface area contributed by atoms with Crippen molar-refractivity contribution in [2.24, 2.45) is 0 Å². The van der Waals surface area contributed by atoms with E-state index in [2.05, 4.69) is 15.0 Å². The lowest BCUT2D eigenvalue weighted by molar-refractivity contribution is 0.371. The first kappa shape index (κ1) is 18.0. The Bertz CT molecular complexity index is 759. The molecule has 128 valence electrons. The van der Waals surface area contributed by atoms with E-state index in [0.29, 0.717) is 0 Å². The summed E-state index contributed by atoms with van der Waals surface area (Å²) in [5.41, 5.74) is 0. The smallest absolute Gasteiger partial charge is 0.390 e. The van der Waals surface area contributed by atoms with E-state index in [1.807, 2.05) is 0 Å². The molecule has 0 unspecified atom stereocenters. The van der Waals surface area contributed by atoms with Gasteiger partial charge in [0, 0.05) is 18.2 Å². The molecule has 0 saturated carbocycles. The van der Waals surface area contributed by atoms with Gasteiger partial charge in [-0.1, -0.05) is 53.0 Å². The maximum Gasteiger partial charge on any atom is 0.534 e. The van der Waals surface area contributed by atoms with Gasteiger partial charge in [-0.05, 0) is 18.2 Å². The van der Waals surface area contributed by atoms with Gasteiger partial charge in [-0.25, -0.2) is 15.0 Å². The summed E-state index contributed by atoms with van der Waals surface area (Å²) in [6, 6.07) is 14.8. The number of halogens is 3. The van der Waals surface area contributed by atoms with Crippen molar-refractivity contribution >= 4 is 43.4 Å². The lowest BCUT2D eigenvalue weighted by Crippen LogP contribution is -2.05. The zero-order valence-electron chi connectivity index (χ0n) is 12.3. The Kier molecular flexibility index (Phi) is 6.10. The van der Waals surface area contributed by atoms with Crippen LogP contribution in [0.15, 0.2) is 54.6 Å². The van der Waals surface area contributed by atoms with Gasteiger partial charge in [-0.2, -0.15) is 0 Å². The second-order valence-electron chi connectivity index (χ2n) is 4.39. The molecule has 0 fully saturated rings. The van der Waals surface area contributed by atoms with Crippen molar-refractivity contribution < 1.29 is 13.6 Å². The second kappa shape index (κ2) is 8.50. The summed E-state index contributed by atoms with van der Waals surface area (Å²) >= 11 is 17.6. The van der Waals surface area contributed by atoms with Crippen LogP contribution in [0.2, 0.25) is 15.5 Å². The molecule has 3 aromatic rings. The van der Waals surface area contributed by atoms with E-state index < -0.39 is 8.60 Å². The number of aromatic nitrogens is 3. The molecule has 3 rings (SSSR count). The number of nitrogens with zero attached hydrogens (tertiary/aromatic N) is 3. The molecular weight excluding hydrogens is 408 g/mol. The van der Waals surface area contributed by atoms with Crippen LogP contribution in [0, 0.1) is 0 Å². The van der Waals surface area contributed by atoms with E-state index in [1.54, 1.807) is 54.6 Å². The summed E-state index contributed by atoms with van der Waals surface area (Å²) in [4.78, 5) is 12.1. The fourth-order valence-electron chi connectivity index (χ4n) is 1.61. The fraction of sp³-hybridized carbons (Fsp3) is 0. The fourth-order valence-corrected chi connectivity index (χ4v) is 2.95. The zero-order chi connectivity index (χ0) is 17.6. The van der Waals surface area contributed by atoms with Gasteiger partial charge in [-0.3, -0.25) is 0 Å². The highest BCUT2D eigenvalue weighted by atomic mass is 35.5. The molecule has 0 aliphatic rings. The molecule has 0 saturated heterocycles. The van der Waals surface area contributed by atoms with Gasteiger partial charge < -0.3 is 13.6 Å². The normalized spacial score (nSPS) is 10.6. The SMILES string of the molecule is Clc1cccc(OP(Oc2cccc(Cl)n2)Oc2cccc(Cl)n2)n1. The van der Waals surface area contributed by atoms with Crippen LogP contribution < -0.4 is 13.6 Å². The van der Waals surface area contributed by atoms with Crippen molar-refractivity contribution in [3.8, 4) is 17.6 Å². The molecule has 0 amide bonds. The lowest BCUT2D eigenvalue weighted by Gasteiger charge is -2.16. The third kappa shape index (κ3) is 5.58. The highest BCUT2D eigenvalue weighted by Crippen LogP contribution is 2.41. The minimum atomic E-state index is -1.99. The second-order valence-corrected chi connectivity index (χ2v) is 6.55. The van der Waals surface area contributed by atoms with E-state index in [1.165, 1.54) is 0 Å². The number of hydrogen-bond donors (Lipinski definition) is 0. The Morgan fingerprint density at radius 1 is 0.560 bits per heavy atom. The molecule has 0 N–H and O–H groups in total. The third-order valence-corrected chi connectivity index (χ3v) is 4.21. The molecule has 0 atom stereocenters. The zero-order valence-corrected chi connectivity index (χ0v) is 15.5. The number of rotatable bonds is 6. The van der Waals surface area contributed by atoms with Crippen LogP contribution in [0.5, 0.6) is 17.6 Å². The molecule has 0 radical (unpaired) electrons. The topological polar surface area (TPSA) is 66.4 Å². The number of pyridine rings is 3. The molecule has 0 aliphatic carbocycles. The van der Waals surface area contributed by atoms with Crippen molar-refractivity contribution in [1.29, 1.82) is 0 Å². The van der Waals surface area contributed by atoms with Crippen molar-refractivity contribution in [2.75, 3.05) is 0 Å². The van der Waals surface area contributed by atoms with Crippen LogP contribution in [-0.2, 0) is 0 Å². The first-order chi connectivity index (χ1) is 12.1. The van der Waals surface area contributed by atoms with Crippen LogP contribution in [0.1, 0.15) is 0 Å². The number of hydrogen-bond acceptors (Lipinski definition) is 6. The maximum absolute atomic E-state index is 5.87. The van der Waals surface area contributed by atoms with Crippen molar-refractivity contribution in [3.05, 3.63) is 70.1 Å². The average Bonchev–Trinajstić information content (AvgIpc) is 2.55. The minimum Gasteiger partial charge on any atom is -0.390 e. The third-order valence-electron chi connectivity index (χ3n) is 2.57. The first-order valence-corrected chi connectivity index (χ1v) is 9.03. The van der Waals surface area contributed by atoms with Crippen molar-refractivity contribution in [2.45, 2.75) is 0 Å². The standard InChI is InChI=1S/C15H9Cl3N3O3P/c16-10-4-1-7-13(19-10)22-25(23-14-8-2-5-11(17)20-14)24-15-9-3-6-12(18)21-15/h1-9H. The summed E-state index contributed by atoms with van der Waals surface area (Å²) in [6.45, 7) is 0. The van der Waals surface area contributed by atoms with Crippen LogP contribution in [-0.4, -0.2) is 15.0 Å². The monoisotopic (exact) mass is 415 g/mol. The predicted molar refractivity (Wildman–Crippen MR) is 96.5 cm³/mol. The van der Waals surface area contributed by atoms with Gasteiger partial charge in [0.15, 0.2) is 0 Å². The van der Waals surface area contributed by atoms with E-state index in [0.717, 1.165) is 0 Å². The first-order valence-electron chi connectivity index (χ1n) is 6.80. The Morgan fingerprint density at radius 3 is 1.16 bits per heavy atom. The largest absolute Gasteiger partial charge is 0.534 e. The van der Waals surface area contributed by atoms with E-state index >= 15 is 0 Å². The van der Waals surface area contributed by atoms with Gasteiger partial charge >= 0.3 is 8.60 Å². The Morgan fingerprint density at radius 2 is 0.880 bits per heavy atom. The van der Waals surface area contributed by atoms with Crippen LogP contribution in [0.3, 0.4) is 0 Å². The molecule has 0 aromatic carbocycles. The van der Waals surface area contributed by atoms with E-state index in [4.69, 9.17) is 48.4 Å². The molecule has 10 heteroatoms. The molecule has 3 heterocycles. The molecule has 0 spiro atoms. The van der Waals surface area contributed by atoms with Gasteiger partial charge in [0.25, 0.3) is 0 Å². The Hall–Kier alpha value is -1.85. The predicted octanol–water partition coefficient (Wildman–Crippen LogP) is 5.60. The quantitative estimate of drug-likeness (QED) is 0.385. The summed E-state index contributed by atoms with van der Waals surface area (Å²) in [7, 11) is -1.99. The van der Waals surface area contributed by atoms with Crippen molar-refractivity contribution in [1.82, 2.24) is 15.0 Å². The van der Waals surface area contributed by atoms with E-state index in [-0.39, 0.29) is 33.1 Å². The summed E-state index contributed by atoms with van der Waals surface area (Å²) < 4.78 is 16.9. The van der Waals surface area contributed by atoms with Crippen molar-refractivity contribution in [3.63, 3.8) is 0 Å². The van der Waals surface area contributed by atoms with Crippen LogP contribution in [0.4, 0.5) is 0 Å².